The molecule has 160 valence electrons. The Kier molecular flexibility index (Phi) is 6.89. The van der Waals surface area contributed by atoms with Gasteiger partial charge in [-0.05, 0) is 51.4 Å². The number of hydrogen-bond acceptors (Lipinski definition) is 7. The first kappa shape index (κ1) is 21.3. The fourth-order valence-corrected chi connectivity index (χ4v) is 4.26. The first-order valence-corrected chi connectivity index (χ1v) is 10.4. The molecule has 0 radical (unpaired) electrons. The van der Waals surface area contributed by atoms with Gasteiger partial charge in [-0.25, -0.2) is 4.98 Å². The van der Waals surface area contributed by atoms with Crippen molar-refractivity contribution in [3.8, 4) is 0 Å². The zero-order chi connectivity index (χ0) is 21.0. The first-order valence-electron chi connectivity index (χ1n) is 10.4. The van der Waals surface area contributed by atoms with Crippen LogP contribution in [0.5, 0.6) is 0 Å². The van der Waals surface area contributed by atoms with Crippen molar-refractivity contribution in [2.75, 3.05) is 24.7 Å². The second-order valence-corrected chi connectivity index (χ2v) is 8.41. The summed E-state index contributed by atoms with van der Waals surface area (Å²) in [6.45, 7) is 0. The van der Waals surface area contributed by atoms with Crippen molar-refractivity contribution in [1.82, 2.24) is 14.9 Å². The number of anilines is 2. The highest BCUT2D eigenvalue weighted by Crippen LogP contribution is 2.28. The minimum atomic E-state index is -0.585. The molecule has 2 atom stereocenters. The number of nitrogens with zero attached hydrogens (tertiary/aromatic N) is 3. The number of primary amides is 1. The molecule has 1 aromatic rings. The van der Waals surface area contributed by atoms with Crippen molar-refractivity contribution in [1.29, 1.82) is 0 Å². The summed E-state index contributed by atoms with van der Waals surface area (Å²) in [5.41, 5.74) is 5.73. The molecule has 5 N–H and O–H groups in total. The maximum absolute atomic E-state index is 12.1. The second kappa shape index (κ2) is 9.39. The Morgan fingerprint density at radius 3 is 2.45 bits per heavy atom. The molecule has 2 fully saturated rings. The normalized spacial score (nSPS) is 27.1. The lowest BCUT2D eigenvalue weighted by molar-refractivity contribution is -0.133. The molecule has 1 heterocycles. The molecule has 0 unspecified atom stereocenters. The number of carbonyl (C=O) groups is 2. The molecule has 9 nitrogen and oxygen atoms in total. The average molecular weight is 405 g/mol. The topological polar surface area (TPSA) is 133 Å². The monoisotopic (exact) mass is 404 g/mol. The fraction of sp³-hybridized carbons (Fsp3) is 0.700. The predicted molar refractivity (Wildman–Crippen MR) is 110 cm³/mol. The third-order valence-corrected chi connectivity index (χ3v) is 5.89. The van der Waals surface area contributed by atoms with E-state index in [1.807, 2.05) is 0 Å². The Morgan fingerprint density at radius 2 is 1.83 bits per heavy atom. The standard InChI is InChI=1S/C20H32N6O3/c1-26(2)19(29)12-6-8-13(9-7-12)24-20-22-11-16(17(21)28)18(25-20)23-14-4-3-5-15(27)10-14/h11-15,27H,3-10H2,1-2H3,(H2,21,28)(H2,22,23,24,25)/t12-,13-,14-,15+/m1/s1. The van der Waals surface area contributed by atoms with Gasteiger partial charge in [0.2, 0.25) is 11.9 Å². The Bertz CT molecular complexity index is 733. The first-order chi connectivity index (χ1) is 13.8. The van der Waals surface area contributed by atoms with Crippen molar-refractivity contribution in [2.24, 2.45) is 11.7 Å². The molecule has 3 rings (SSSR count). The van der Waals surface area contributed by atoms with E-state index in [2.05, 4.69) is 20.6 Å². The Balaban J connectivity index is 1.64. The van der Waals surface area contributed by atoms with Crippen LogP contribution in [0.2, 0.25) is 0 Å². The van der Waals surface area contributed by atoms with E-state index in [4.69, 9.17) is 5.73 Å². The Hall–Kier alpha value is -2.42. The van der Waals surface area contributed by atoms with Crippen LogP contribution < -0.4 is 16.4 Å². The van der Waals surface area contributed by atoms with Gasteiger partial charge in [0.05, 0.1) is 11.7 Å². The van der Waals surface area contributed by atoms with E-state index in [0.717, 1.165) is 44.9 Å². The molecule has 0 aliphatic heterocycles. The van der Waals surface area contributed by atoms with Gasteiger partial charge in [-0.1, -0.05) is 0 Å². The van der Waals surface area contributed by atoms with Crippen molar-refractivity contribution in [2.45, 2.75) is 69.6 Å². The van der Waals surface area contributed by atoms with Gasteiger partial charge >= 0.3 is 0 Å². The number of amides is 2. The zero-order valence-electron chi connectivity index (χ0n) is 17.2. The number of aliphatic hydroxyl groups excluding tert-OH is 1. The minimum Gasteiger partial charge on any atom is -0.393 e. The van der Waals surface area contributed by atoms with Crippen LogP contribution in [0.4, 0.5) is 11.8 Å². The van der Waals surface area contributed by atoms with E-state index < -0.39 is 5.91 Å². The molecule has 9 heteroatoms. The number of aliphatic hydroxyl groups is 1. The average Bonchev–Trinajstić information content (AvgIpc) is 2.68. The quantitative estimate of drug-likeness (QED) is 0.562. The largest absolute Gasteiger partial charge is 0.393 e. The third-order valence-electron chi connectivity index (χ3n) is 5.89. The molecule has 2 aliphatic carbocycles. The van der Waals surface area contributed by atoms with Crippen LogP contribution in [0.1, 0.15) is 61.7 Å². The van der Waals surface area contributed by atoms with Crippen molar-refractivity contribution in [3.05, 3.63) is 11.8 Å². The lowest BCUT2D eigenvalue weighted by atomic mass is 9.85. The molecule has 2 aliphatic rings. The highest BCUT2D eigenvalue weighted by molar-refractivity contribution is 5.97. The molecule has 2 amide bonds. The fourth-order valence-electron chi connectivity index (χ4n) is 4.26. The molecule has 0 bridgehead atoms. The molecule has 29 heavy (non-hydrogen) atoms. The summed E-state index contributed by atoms with van der Waals surface area (Å²) in [5, 5.41) is 16.5. The van der Waals surface area contributed by atoms with Crippen LogP contribution in [0.3, 0.4) is 0 Å². The van der Waals surface area contributed by atoms with Crippen LogP contribution in [0.15, 0.2) is 6.20 Å². The van der Waals surface area contributed by atoms with E-state index in [-0.39, 0.29) is 35.6 Å². The lowest BCUT2D eigenvalue weighted by Crippen LogP contribution is -2.35. The number of carbonyl (C=O) groups excluding carboxylic acids is 2. The predicted octanol–water partition coefficient (Wildman–Crippen LogP) is 1.35. The lowest BCUT2D eigenvalue weighted by Gasteiger charge is -2.30. The van der Waals surface area contributed by atoms with Crippen LogP contribution in [-0.4, -0.2) is 64.1 Å². The van der Waals surface area contributed by atoms with Crippen LogP contribution in [0, 0.1) is 5.92 Å². The van der Waals surface area contributed by atoms with E-state index >= 15 is 0 Å². The van der Waals surface area contributed by atoms with Crippen molar-refractivity contribution in [3.63, 3.8) is 0 Å². The number of rotatable bonds is 6. The van der Waals surface area contributed by atoms with Gasteiger partial charge in [0, 0.05) is 38.3 Å². The maximum Gasteiger partial charge on any atom is 0.254 e. The van der Waals surface area contributed by atoms with Crippen LogP contribution >= 0.6 is 0 Å². The molecular weight excluding hydrogens is 372 g/mol. The minimum absolute atomic E-state index is 0.0482. The molecule has 0 aromatic carbocycles. The highest BCUT2D eigenvalue weighted by atomic mass is 16.3. The molecule has 2 saturated carbocycles. The summed E-state index contributed by atoms with van der Waals surface area (Å²) in [6, 6.07) is 0.233. The van der Waals surface area contributed by atoms with E-state index in [9.17, 15) is 14.7 Å². The van der Waals surface area contributed by atoms with Crippen LogP contribution in [-0.2, 0) is 4.79 Å². The molecular formula is C20H32N6O3. The van der Waals surface area contributed by atoms with Gasteiger partial charge in [0.15, 0.2) is 0 Å². The van der Waals surface area contributed by atoms with Crippen molar-refractivity contribution >= 4 is 23.6 Å². The summed E-state index contributed by atoms with van der Waals surface area (Å²) in [6.07, 6.45) is 7.76. The number of hydrogen-bond donors (Lipinski definition) is 4. The smallest absolute Gasteiger partial charge is 0.254 e. The number of nitrogens with two attached hydrogens (primary N) is 1. The Labute approximate surface area is 171 Å². The van der Waals surface area contributed by atoms with E-state index in [1.165, 1.54) is 6.20 Å². The maximum atomic E-state index is 12.1. The summed E-state index contributed by atoms with van der Waals surface area (Å²) in [5.74, 6) is 0.530. The van der Waals surface area contributed by atoms with Gasteiger partial charge in [-0.15, -0.1) is 0 Å². The van der Waals surface area contributed by atoms with Gasteiger partial charge in [0.25, 0.3) is 5.91 Å². The van der Waals surface area contributed by atoms with E-state index in [0.29, 0.717) is 18.2 Å². The van der Waals surface area contributed by atoms with Gasteiger partial charge in [-0.3, -0.25) is 9.59 Å². The summed E-state index contributed by atoms with van der Waals surface area (Å²) < 4.78 is 0. The Morgan fingerprint density at radius 1 is 1.10 bits per heavy atom. The summed E-state index contributed by atoms with van der Waals surface area (Å²) in [4.78, 5) is 34.3. The summed E-state index contributed by atoms with van der Waals surface area (Å²) in [7, 11) is 3.58. The van der Waals surface area contributed by atoms with Gasteiger partial charge in [0.1, 0.15) is 5.82 Å². The van der Waals surface area contributed by atoms with Gasteiger partial charge in [-0.2, -0.15) is 4.98 Å². The third kappa shape index (κ3) is 5.56. The molecule has 0 saturated heterocycles. The van der Waals surface area contributed by atoms with Crippen molar-refractivity contribution < 1.29 is 14.7 Å². The SMILES string of the molecule is CN(C)C(=O)[C@H]1CC[C@H](Nc2ncc(C(N)=O)c(N[C@@H]3CCC[C@H](O)C3)n2)CC1. The second-order valence-electron chi connectivity index (χ2n) is 8.41. The van der Waals surface area contributed by atoms with Crippen LogP contribution in [0.25, 0.3) is 0 Å². The number of nitrogens with one attached hydrogen (secondary N) is 2. The highest BCUT2D eigenvalue weighted by Gasteiger charge is 2.28. The van der Waals surface area contributed by atoms with Gasteiger partial charge < -0.3 is 26.4 Å². The molecule has 1 aromatic heterocycles. The zero-order valence-corrected chi connectivity index (χ0v) is 17.2. The number of aromatic nitrogens is 2. The summed E-state index contributed by atoms with van der Waals surface area (Å²) >= 11 is 0. The molecule has 0 spiro atoms. The van der Waals surface area contributed by atoms with E-state index in [1.54, 1.807) is 19.0 Å².